The molecule has 4 amide bonds. The predicted octanol–water partition coefficient (Wildman–Crippen LogP) is 5.58. The summed E-state index contributed by atoms with van der Waals surface area (Å²) in [5.74, 6) is -1.50. The second-order valence-corrected chi connectivity index (χ2v) is 9.11. The Labute approximate surface area is 217 Å². The summed E-state index contributed by atoms with van der Waals surface area (Å²) >= 11 is 0. The van der Waals surface area contributed by atoms with Crippen LogP contribution in [0.25, 0.3) is 10.9 Å². The average molecular weight is 518 g/mol. The lowest BCUT2D eigenvalue weighted by molar-refractivity contribution is -0.121. The van der Waals surface area contributed by atoms with Crippen LogP contribution in [0.1, 0.15) is 23.2 Å². The zero-order valence-electron chi connectivity index (χ0n) is 20.3. The Morgan fingerprint density at radius 3 is 2.21 bits per heavy atom. The van der Waals surface area contributed by atoms with Crippen LogP contribution in [0, 0.1) is 17.6 Å². The van der Waals surface area contributed by atoms with Crippen LogP contribution in [0.5, 0.6) is 0 Å². The van der Waals surface area contributed by atoms with Crippen LogP contribution >= 0.6 is 0 Å². The molecular weight excluding hydrogens is 492 g/mol. The van der Waals surface area contributed by atoms with E-state index in [9.17, 15) is 23.2 Å². The highest BCUT2D eigenvalue weighted by Gasteiger charge is 2.28. The SMILES string of the molecule is O=C(Nc1ccc(NC(=O)C2CCN(C(=O)c3cccc(F)c3)CC2)cc1)Nc1c[nH]c2ccc(F)cc12. The Hall–Kier alpha value is -4.73. The number of nitrogens with zero attached hydrogens (tertiary/aromatic N) is 1. The molecule has 4 N–H and O–H groups in total. The van der Waals surface area contributed by atoms with Crippen LogP contribution in [-0.4, -0.2) is 40.8 Å². The highest BCUT2D eigenvalue weighted by molar-refractivity contribution is 6.06. The third kappa shape index (κ3) is 5.64. The summed E-state index contributed by atoms with van der Waals surface area (Å²) in [4.78, 5) is 42.4. The molecule has 1 aromatic heterocycles. The number of urea groups is 1. The van der Waals surface area contributed by atoms with Gasteiger partial charge in [-0.3, -0.25) is 9.59 Å². The number of hydrogen-bond acceptors (Lipinski definition) is 3. The average Bonchev–Trinajstić information content (AvgIpc) is 3.30. The minimum Gasteiger partial charge on any atom is -0.359 e. The number of aromatic nitrogens is 1. The van der Waals surface area contributed by atoms with E-state index in [4.69, 9.17) is 0 Å². The number of benzene rings is 3. The summed E-state index contributed by atoms with van der Waals surface area (Å²) in [5.41, 5.74) is 2.53. The summed E-state index contributed by atoms with van der Waals surface area (Å²) in [7, 11) is 0. The second kappa shape index (κ2) is 10.7. The van der Waals surface area contributed by atoms with Crippen molar-refractivity contribution < 1.29 is 23.2 Å². The molecule has 2 heterocycles. The number of nitrogens with one attached hydrogen (secondary N) is 4. The lowest BCUT2D eigenvalue weighted by Gasteiger charge is -2.31. The Morgan fingerprint density at radius 1 is 0.816 bits per heavy atom. The maximum Gasteiger partial charge on any atom is 0.323 e. The van der Waals surface area contributed by atoms with Gasteiger partial charge in [-0.15, -0.1) is 0 Å². The molecule has 0 radical (unpaired) electrons. The number of halogens is 2. The standard InChI is InChI=1S/C28H25F2N5O3/c29-19-3-1-2-18(14-19)27(37)35-12-10-17(11-13-35)26(36)32-21-5-7-22(8-6-21)33-28(38)34-25-16-31-24-9-4-20(30)15-23(24)25/h1-9,14-17,31H,10-13H2,(H,32,36)(H2,33,34,38). The van der Waals surface area contributed by atoms with E-state index in [2.05, 4.69) is 20.9 Å². The van der Waals surface area contributed by atoms with Crippen LogP contribution in [0.15, 0.2) is 72.9 Å². The first kappa shape index (κ1) is 24.9. The van der Waals surface area contributed by atoms with Gasteiger partial charge in [0.1, 0.15) is 11.6 Å². The molecule has 10 heteroatoms. The van der Waals surface area contributed by atoms with Gasteiger partial charge in [-0.25, -0.2) is 13.6 Å². The number of aromatic amines is 1. The fourth-order valence-corrected chi connectivity index (χ4v) is 4.51. The molecule has 1 saturated heterocycles. The van der Waals surface area contributed by atoms with Crippen LogP contribution in [0.3, 0.4) is 0 Å². The number of hydrogen-bond donors (Lipinski definition) is 4. The molecule has 0 spiro atoms. The van der Waals surface area contributed by atoms with Gasteiger partial charge in [-0.05, 0) is 73.5 Å². The van der Waals surface area contributed by atoms with Gasteiger partial charge in [0.05, 0.1) is 5.69 Å². The molecule has 194 valence electrons. The molecule has 1 aliphatic heterocycles. The third-order valence-corrected chi connectivity index (χ3v) is 6.53. The smallest absolute Gasteiger partial charge is 0.323 e. The largest absolute Gasteiger partial charge is 0.359 e. The number of rotatable bonds is 5. The molecule has 5 rings (SSSR count). The van der Waals surface area contributed by atoms with Crippen molar-refractivity contribution >= 4 is 45.8 Å². The Balaban J connectivity index is 1.11. The van der Waals surface area contributed by atoms with Crippen molar-refractivity contribution in [2.45, 2.75) is 12.8 Å². The van der Waals surface area contributed by atoms with Crippen LogP contribution < -0.4 is 16.0 Å². The topological polar surface area (TPSA) is 106 Å². The van der Waals surface area contributed by atoms with Crippen molar-refractivity contribution in [3.05, 3.63) is 90.1 Å². The second-order valence-electron chi connectivity index (χ2n) is 9.11. The third-order valence-electron chi connectivity index (χ3n) is 6.53. The van der Waals surface area contributed by atoms with Gasteiger partial charge >= 0.3 is 6.03 Å². The van der Waals surface area contributed by atoms with E-state index in [-0.39, 0.29) is 17.7 Å². The molecule has 0 aliphatic carbocycles. The Bertz CT molecular complexity index is 1490. The minimum atomic E-state index is -0.494. The maximum atomic E-state index is 13.6. The first-order chi connectivity index (χ1) is 18.4. The summed E-state index contributed by atoms with van der Waals surface area (Å²) in [5, 5.41) is 8.83. The number of amides is 4. The monoisotopic (exact) mass is 517 g/mol. The zero-order chi connectivity index (χ0) is 26.6. The van der Waals surface area contributed by atoms with Gasteiger partial charge in [0, 0.05) is 53.0 Å². The van der Waals surface area contributed by atoms with E-state index in [1.165, 1.54) is 30.3 Å². The number of anilines is 3. The van der Waals surface area contributed by atoms with Crippen molar-refractivity contribution in [2.24, 2.45) is 5.92 Å². The lowest BCUT2D eigenvalue weighted by atomic mass is 9.95. The molecule has 8 nitrogen and oxygen atoms in total. The van der Waals surface area contributed by atoms with Gasteiger partial charge in [0.25, 0.3) is 5.91 Å². The van der Waals surface area contributed by atoms with Crippen molar-refractivity contribution in [2.75, 3.05) is 29.0 Å². The molecule has 0 unspecified atom stereocenters. The van der Waals surface area contributed by atoms with Gasteiger partial charge < -0.3 is 25.8 Å². The van der Waals surface area contributed by atoms with Gasteiger partial charge in [0.15, 0.2) is 0 Å². The van der Waals surface area contributed by atoms with Gasteiger partial charge in [0.2, 0.25) is 5.91 Å². The van der Waals surface area contributed by atoms with Crippen LogP contribution in [0.4, 0.5) is 30.6 Å². The van der Waals surface area contributed by atoms with E-state index in [1.54, 1.807) is 47.5 Å². The van der Waals surface area contributed by atoms with E-state index in [0.29, 0.717) is 59.5 Å². The molecule has 0 bridgehead atoms. The van der Waals surface area contributed by atoms with Crippen molar-refractivity contribution in [1.29, 1.82) is 0 Å². The van der Waals surface area contributed by atoms with E-state index in [0.717, 1.165) is 0 Å². The molecular formula is C28H25F2N5O3. The van der Waals surface area contributed by atoms with Crippen molar-refractivity contribution in [3.8, 4) is 0 Å². The predicted molar refractivity (Wildman–Crippen MR) is 141 cm³/mol. The molecule has 3 aromatic carbocycles. The Morgan fingerprint density at radius 2 is 1.50 bits per heavy atom. The lowest BCUT2D eigenvalue weighted by Crippen LogP contribution is -2.41. The van der Waals surface area contributed by atoms with E-state index in [1.807, 2.05) is 0 Å². The van der Waals surface area contributed by atoms with Crippen molar-refractivity contribution in [1.82, 2.24) is 9.88 Å². The highest BCUT2D eigenvalue weighted by atomic mass is 19.1. The number of carbonyl (C=O) groups excluding carboxylic acids is 3. The zero-order valence-corrected chi connectivity index (χ0v) is 20.3. The van der Waals surface area contributed by atoms with Crippen LogP contribution in [0.2, 0.25) is 0 Å². The molecule has 1 aliphatic rings. The van der Waals surface area contributed by atoms with Gasteiger partial charge in [-0.1, -0.05) is 6.07 Å². The quantitative estimate of drug-likeness (QED) is 0.278. The van der Waals surface area contributed by atoms with Crippen molar-refractivity contribution in [3.63, 3.8) is 0 Å². The number of piperidine rings is 1. The Kier molecular flexibility index (Phi) is 7.03. The van der Waals surface area contributed by atoms with Crippen LogP contribution in [-0.2, 0) is 4.79 Å². The molecule has 4 aromatic rings. The first-order valence-corrected chi connectivity index (χ1v) is 12.2. The first-order valence-electron chi connectivity index (χ1n) is 12.2. The fraction of sp³-hybridized carbons (Fsp3) is 0.179. The normalized spacial score (nSPS) is 13.8. The summed E-state index contributed by atoms with van der Waals surface area (Å²) in [6.07, 6.45) is 2.60. The van der Waals surface area contributed by atoms with E-state index >= 15 is 0 Å². The number of likely N-dealkylation sites (tertiary alicyclic amines) is 1. The van der Waals surface area contributed by atoms with E-state index < -0.39 is 17.7 Å². The number of H-pyrrole nitrogens is 1. The maximum absolute atomic E-state index is 13.6. The van der Waals surface area contributed by atoms with Gasteiger partial charge in [-0.2, -0.15) is 0 Å². The highest BCUT2D eigenvalue weighted by Crippen LogP contribution is 2.25. The number of fused-ring (bicyclic) bond motifs is 1. The summed E-state index contributed by atoms with van der Waals surface area (Å²) < 4.78 is 27.0. The molecule has 1 fully saturated rings. The molecule has 0 saturated carbocycles. The fourth-order valence-electron chi connectivity index (χ4n) is 4.51. The molecule has 38 heavy (non-hydrogen) atoms. The molecule has 0 atom stereocenters. The number of carbonyl (C=O) groups is 3. The minimum absolute atomic E-state index is 0.145. The summed E-state index contributed by atoms with van der Waals surface area (Å²) in [6, 6.07) is 16.0. The summed E-state index contributed by atoms with van der Waals surface area (Å²) in [6.45, 7) is 0.822.